The first-order valence-electron chi connectivity index (χ1n) is 13.5. The molecule has 0 aliphatic carbocycles. The zero-order valence-electron chi connectivity index (χ0n) is 24.0. The summed E-state index contributed by atoms with van der Waals surface area (Å²) in [5.74, 6) is -1.14. The van der Waals surface area contributed by atoms with Crippen molar-refractivity contribution in [2.75, 3.05) is 17.4 Å². The Balaban J connectivity index is 2.06. The summed E-state index contributed by atoms with van der Waals surface area (Å²) < 4.78 is 42.6. The Morgan fingerprint density at radius 2 is 1.59 bits per heavy atom. The van der Waals surface area contributed by atoms with Gasteiger partial charge in [0.1, 0.15) is 18.4 Å². The van der Waals surface area contributed by atoms with Gasteiger partial charge in [-0.2, -0.15) is 0 Å². The van der Waals surface area contributed by atoms with Crippen LogP contribution in [0.3, 0.4) is 0 Å². The maximum absolute atomic E-state index is 14.1. The second-order valence-electron chi connectivity index (χ2n) is 10.4. The van der Waals surface area contributed by atoms with Crippen molar-refractivity contribution >= 4 is 39.1 Å². The van der Waals surface area contributed by atoms with E-state index in [9.17, 15) is 22.4 Å². The molecule has 1 atom stereocenters. The van der Waals surface area contributed by atoms with Crippen LogP contribution in [0.1, 0.15) is 43.9 Å². The van der Waals surface area contributed by atoms with Crippen LogP contribution < -0.4 is 9.62 Å². The Hall–Kier alpha value is -3.43. The summed E-state index contributed by atoms with van der Waals surface area (Å²) in [6.45, 7) is 9.35. The fourth-order valence-electron chi connectivity index (χ4n) is 4.27. The standard InChI is InChI=1S/C31H37ClFN3O4S/c1-6-29(31(38)34-18-21(2)3)35(19-24-8-12-26(33)13-9-24)30(37)20-36(27-14-7-22(4)23(5)17-27)41(39,40)28-15-10-25(32)11-16-28/h7-17,21,29H,6,18-20H2,1-5H3,(H,34,38)/t29-/m0/s1. The molecule has 10 heteroatoms. The number of hydrogen-bond acceptors (Lipinski definition) is 4. The van der Waals surface area contributed by atoms with Gasteiger partial charge in [-0.1, -0.05) is 50.6 Å². The number of benzene rings is 3. The van der Waals surface area contributed by atoms with Gasteiger partial charge >= 0.3 is 0 Å². The SMILES string of the molecule is CC[C@@H](C(=O)NCC(C)C)N(Cc1ccc(F)cc1)C(=O)CN(c1ccc(C)c(C)c1)S(=O)(=O)c1ccc(Cl)cc1. The first-order valence-corrected chi connectivity index (χ1v) is 15.3. The van der Waals surface area contributed by atoms with E-state index in [1.165, 1.54) is 41.3 Å². The molecule has 3 rings (SSSR count). The van der Waals surface area contributed by atoms with E-state index in [0.29, 0.717) is 29.2 Å². The summed E-state index contributed by atoms with van der Waals surface area (Å²) in [7, 11) is -4.20. The smallest absolute Gasteiger partial charge is 0.264 e. The van der Waals surface area contributed by atoms with Gasteiger partial charge in [0.25, 0.3) is 10.0 Å². The summed E-state index contributed by atoms with van der Waals surface area (Å²) >= 11 is 6.00. The first kappa shape index (κ1) is 32.1. The molecule has 0 unspecified atom stereocenters. The molecule has 3 aromatic rings. The summed E-state index contributed by atoms with van der Waals surface area (Å²) in [6, 6.07) is 15.7. The summed E-state index contributed by atoms with van der Waals surface area (Å²) in [5, 5.41) is 3.26. The van der Waals surface area contributed by atoms with Crippen molar-refractivity contribution in [1.29, 1.82) is 0 Å². The quantitative estimate of drug-likeness (QED) is 0.281. The van der Waals surface area contributed by atoms with Crippen LogP contribution in [0.25, 0.3) is 0 Å². The van der Waals surface area contributed by atoms with Gasteiger partial charge in [0, 0.05) is 18.1 Å². The molecule has 0 fully saturated rings. The molecule has 2 amide bonds. The molecular formula is C31H37ClFN3O4S. The van der Waals surface area contributed by atoms with Gasteiger partial charge in [0.2, 0.25) is 11.8 Å². The lowest BCUT2D eigenvalue weighted by molar-refractivity contribution is -0.140. The van der Waals surface area contributed by atoms with Gasteiger partial charge < -0.3 is 10.2 Å². The van der Waals surface area contributed by atoms with E-state index in [2.05, 4.69) is 5.32 Å². The molecule has 0 spiro atoms. The largest absolute Gasteiger partial charge is 0.354 e. The highest BCUT2D eigenvalue weighted by Gasteiger charge is 2.33. The Bertz CT molecular complexity index is 1460. The van der Waals surface area contributed by atoms with Crippen molar-refractivity contribution in [3.05, 3.63) is 94.3 Å². The van der Waals surface area contributed by atoms with Gasteiger partial charge in [-0.15, -0.1) is 0 Å². The van der Waals surface area contributed by atoms with Gasteiger partial charge in [-0.05, 0) is 91.4 Å². The number of nitrogens with zero attached hydrogens (tertiary/aromatic N) is 2. The zero-order chi connectivity index (χ0) is 30.3. The number of nitrogens with one attached hydrogen (secondary N) is 1. The second kappa shape index (κ2) is 14.0. The Morgan fingerprint density at radius 3 is 2.15 bits per heavy atom. The van der Waals surface area contributed by atoms with Gasteiger partial charge in [0.15, 0.2) is 0 Å². The number of aryl methyl sites for hydroxylation is 2. The fraction of sp³-hybridized carbons (Fsp3) is 0.355. The van der Waals surface area contributed by atoms with Crippen LogP contribution in [0.15, 0.2) is 71.6 Å². The maximum atomic E-state index is 14.1. The Morgan fingerprint density at radius 1 is 0.951 bits per heavy atom. The van der Waals surface area contributed by atoms with Gasteiger partial charge in [-0.3, -0.25) is 13.9 Å². The highest BCUT2D eigenvalue weighted by atomic mass is 35.5. The number of anilines is 1. The lowest BCUT2D eigenvalue weighted by atomic mass is 10.1. The zero-order valence-corrected chi connectivity index (χ0v) is 25.6. The third-order valence-electron chi connectivity index (χ3n) is 6.80. The highest BCUT2D eigenvalue weighted by molar-refractivity contribution is 7.92. The van der Waals surface area contributed by atoms with Crippen molar-refractivity contribution < 1.29 is 22.4 Å². The van der Waals surface area contributed by atoms with E-state index in [-0.39, 0.29) is 23.3 Å². The van der Waals surface area contributed by atoms with E-state index < -0.39 is 34.3 Å². The number of carbonyl (C=O) groups is 2. The predicted molar refractivity (Wildman–Crippen MR) is 161 cm³/mol. The van der Waals surface area contributed by atoms with Crippen LogP contribution in [-0.2, 0) is 26.2 Å². The third-order valence-corrected chi connectivity index (χ3v) is 8.84. The average Bonchev–Trinajstić information content (AvgIpc) is 2.93. The molecular weight excluding hydrogens is 565 g/mol. The summed E-state index contributed by atoms with van der Waals surface area (Å²) in [6.07, 6.45) is 0.296. The second-order valence-corrected chi connectivity index (χ2v) is 12.7. The first-order chi connectivity index (χ1) is 19.3. The van der Waals surface area contributed by atoms with Crippen LogP contribution in [0.2, 0.25) is 5.02 Å². The summed E-state index contributed by atoms with van der Waals surface area (Å²) in [4.78, 5) is 28.7. The number of hydrogen-bond donors (Lipinski definition) is 1. The molecule has 7 nitrogen and oxygen atoms in total. The molecule has 0 aliphatic rings. The van der Waals surface area contributed by atoms with Crippen molar-refractivity contribution in [3.8, 4) is 0 Å². The molecule has 0 aromatic heterocycles. The van der Waals surface area contributed by atoms with E-state index in [0.717, 1.165) is 15.4 Å². The highest BCUT2D eigenvalue weighted by Crippen LogP contribution is 2.27. The van der Waals surface area contributed by atoms with Crippen molar-refractivity contribution in [3.63, 3.8) is 0 Å². The molecule has 0 saturated carbocycles. The number of rotatable bonds is 12. The van der Waals surface area contributed by atoms with Crippen LogP contribution in [0, 0.1) is 25.6 Å². The minimum atomic E-state index is -4.20. The van der Waals surface area contributed by atoms with E-state index in [1.54, 1.807) is 37.3 Å². The van der Waals surface area contributed by atoms with Crippen LogP contribution in [0.4, 0.5) is 10.1 Å². The van der Waals surface area contributed by atoms with Crippen molar-refractivity contribution in [2.24, 2.45) is 5.92 Å². The van der Waals surface area contributed by atoms with Crippen LogP contribution in [-0.4, -0.2) is 44.3 Å². The van der Waals surface area contributed by atoms with Crippen LogP contribution >= 0.6 is 11.6 Å². The monoisotopic (exact) mass is 601 g/mol. The molecule has 0 heterocycles. The van der Waals surface area contributed by atoms with Gasteiger partial charge in [0.05, 0.1) is 10.6 Å². The number of amides is 2. The van der Waals surface area contributed by atoms with E-state index in [4.69, 9.17) is 11.6 Å². The van der Waals surface area contributed by atoms with Gasteiger partial charge in [-0.25, -0.2) is 12.8 Å². The summed E-state index contributed by atoms with van der Waals surface area (Å²) in [5.41, 5.74) is 2.74. The number of sulfonamides is 1. The number of carbonyl (C=O) groups excluding carboxylic acids is 2. The Labute approximate surface area is 247 Å². The fourth-order valence-corrected chi connectivity index (χ4v) is 5.80. The Kier molecular flexibility index (Phi) is 10.9. The van der Waals surface area contributed by atoms with Crippen LogP contribution in [0.5, 0.6) is 0 Å². The lowest BCUT2D eigenvalue weighted by Gasteiger charge is -2.33. The lowest BCUT2D eigenvalue weighted by Crippen LogP contribution is -2.52. The molecule has 0 saturated heterocycles. The molecule has 0 radical (unpaired) electrons. The molecule has 3 aromatic carbocycles. The average molecular weight is 602 g/mol. The number of halogens is 2. The third kappa shape index (κ3) is 8.30. The molecule has 0 aliphatic heterocycles. The molecule has 220 valence electrons. The van der Waals surface area contributed by atoms with Crippen molar-refractivity contribution in [1.82, 2.24) is 10.2 Å². The topological polar surface area (TPSA) is 86.8 Å². The molecule has 1 N–H and O–H groups in total. The predicted octanol–water partition coefficient (Wildman–Crippen LogP) is 5.87. The maximum Gasteiger partial charge on any atom is 0.264 e. The normalized spacial score (nSPS) is 12.2. The minimum absolute atomic E-state index is 0.00548. The molecule has 41 heavy (non-hydrogen) atoms. The van der Waals surface area contributed by atoms with Crippen molar-refractivity contribution in [2.45, 2.75) is 58.5 Å². The molecule has 0 bridgehead atoms. The minimum Gasteiger partial charge on any atom is -0.354 e. The van der Waals surface area contributed by atoms with E-state index >= 15 is 0 Å². The van der Waals surface area contributed by atoms with E-state index in [1.807, 2.05) is 27.7 Å².